The van der Waals surface area contributed by atoms with E-state index < -0.39 is 52.1 Å². The third kappa shape index (κ3) is 8.18. The fraction of sp³-hybridized carbons (Fsp3) is 0.762. The Balaban J connectivity index is 1.44. The van der Waals surface area contributed by atoms with Gasteiger partial charge in [-0.05, 0) is 24.4 Å². The van der Waals surface area contributed by atoms with Crippen molar-refractivity contribution in [2.24, 2.45) is 0 Å². The van der Waals surface area contributed by atoms with Crippen molar-refractivity contribution in [2.75, 3.05) is 51.4 Å². The summed E-state index contributed by atoms with van der Waals surface area (Å²) in [6, 6.07) is 0.217. The molecule has 2 aromatic heterocycles. The van der Waals surface area contributed by atoms with Crippen molar-refractivity contribution in [3.8, 4) is 0 Å². The Morgan fingerprint density at radius 3 is 2.55 bits per heavy atom. The average Bonchev–Trinajstić information content (AvgIpc) is 3.60. The Labute approximate surface area is 235 Å². The zero-order chi connectivity index (χ0) is 28.9. The van der Waals surface area contributed by atoms with Crippen LogP contribution >= 0.6 is 26.8 Å². The molecule has 0 amide bonds. The number of ether oxygens (including phenoxy) is 3. The van der Waals surface area contributed by atoms with Gasteiger partial charge in [-0.1, -0.05) is 12.8 Å². The first-order chi connectivity index (χ1) is 19.0. The highest BCUT2D eigenvalue weighted by atomic mass is 35.5. The number of nitrogens with zero attached hydrogens (tertiary/aromatic N) is 4. The van der Waals surface area contributed by atoms with Gasteiger partial charge in [0.1, 0.15) is 24.4 Å². The monoisotopic (exact) mass is 629 g/mol. The largest absolute Gasteiger partial charge is 0.387 e. The Kier molecular flexibility index (Phi) is 10.9. The summed E-state index contributed by atoms with van der Waals surface area (Å²) in [6.45, 7) is -0.350. The van der Waals surface area contributed by atoms with E-state index in [1.165, 1.54) is 17.8 Å². The number of fused-ring (bicyclic) bond motifs is 1. The molecular formula is C21H34ClN5O11P2. The van der Waals surface area contributed by atoms with Crippen LogP contribution in [0.2, 0.25) is 5.28 Å². The number of aliphatic hydroxyl groups is 2. The number of nitrogens with one attached hydrogen (secondary N) is 1. The Bertz CT molecular complexity index is 1230. The summed E-state index contributed by atoms with van der Waals surface area (Å²) in [5.74, 6) is -0.764. The van der Waals surface area contributed by atoms with Crippen LogP contribution in [0.3, 0.4) is 0 Å². The lowest BCUT2D eigenvalue weighted by Gasteiger charge is -2.22. The van der Waals surface area contributed by atoms with E-state index >= 15 is 0 Å². The highest BCUT2D eigenvalue weighted by Gasteiger charge is 2.46. The van der Waals surface area contributed by atoms with E-state index in [1.807, 2.05) is 0 Å². The minimum Gasteiger partial charge on any atom is -0.387 e. The minimum absolute atomic E-state index is 0.0303. The van der Waals surface area contributed by atoms with Crippen LogP contribution < -0.4 is 5.32 Å². The first-order valence-electron chi connectivity index (χ1n) is 12.7. The molecule has 1 aliphatic carbocycles. The SMILES string of the molecule is COCCOCCOP(=O)(CP(=O)(O)O)OC[C@H]1O[C@@H](c2cnc3c(NC4CCCC4)nc(Cl)nn23)[C@H](O)[C@@H]1O. The van der Waals surface area contributed by atoms with Gasteiger partial charge in [-0.25, -0.2) is 9.50 Å². The van der Waals surface area contributed by atoms with Crippen LogP contribution in [0.5, 0.6) is 0 Å². The molecule has 40 heavy (non-hydrogen) atoms. The third-order valence-electron chi connectivity index (χ3n) is 6.45. The number of methoxy groups -OCH3 is 1. The van der Waals surface area contributed by atoms with Crippen molar-refractivity contribution < 1.29 is 52.4 Å². The maximum atomic E-state index is 13.1. The summed E-state index contributed by atoms with van der Waals surface area (Å²) >= 11 is 6.16. The molecule has 3 heterocycles. The summed E-state index contributed by atoms with van der Waals surface area (Å²) < 4.78 is 52.4. The van der Waals surface area contributed by atoms with Crippen molar-refractivity contribution in [3.63, 3.8) is 0 Å². The maximum Gasteiger partial charge on any atom is 0.342 e. The molecule has 1 unspecified atom stereocenters. The molecule has 0 spiro atoms. The van der Waals surface area contributed by atoms with E-state index in [1.54, 1.807) is 0 Å². The van der Waals surface area contributed by atoms with Crippen LogP contribution in [0.4, 0.5) is 5.82 Å². The zero-order valence-electron chi connectivity index (χ0n) is 21.7. The van der Waals surface area contributed by atoms with E-state index in [0.717, 1.165) is 25.7 Å². The van der Waals surface area contributed by atoms with E-state index in [0.29, 0.717) is 18.1 Å². The lowest BCUT2D eigenvalue weighted by molar-refractivity contribution is -0.0225. The Morgan fingerprint density at radius 2 is 1.85 bits per heavy atom. The summed E-state index contributed by atoms with van der Waals surface area (Å²) in [5, 5.41) is 28.9. The van der Waals surface area contributed by atoms with Gasteiger partial charge in [0.05, 0.1) is 44.9 Å². The van der Waals surface area contributed by atoms with E-state index in [-0.39, 0.29) is 36.8 Å². The molecule has 226 valence electrons. The predicted molar refractivity (Wildman–Crippen MR) is 140 cm³/mol. The molecular weight excluding hydrogens is 596 g/mol. The average molecular weight is 630 g/mol. The Hall–Kier alpha value is -1.26. The summed E-state index contributed by atoms with van der Waals surface area (Å²) in [7, 11) is -7.67. The van der Waals surface area contributed by atoms with E-state index in [4.69, 9.17) is 34.9 Å². The molecule has 1 aliphatic heterocycles. The van der Waals surface area contributed by atoms with Gasteiger partial charge < -0.3 is 48.6 Å². The fourth-order valence-electron chi connectivity index (χ4n) is 4.57. The van der Waals surface area contributed by atoms with Crippen molar-refractivity contribution in [1.82, 2.24) is 19.6 Å². The molecule has 16 nitrogen and oxygen atoms in total. The summed E-state index contributed by atoms with van der Waals surface area (Å²) in [6.07, 6.45) is 0.232. The zero-order valence-corrected chi connectivity index (χ0v) is 24.3. The standard InChI is InChI=1S/C21H34ClN5O11P2/c1-34-6-7-35-8-9-36-40(33,12-39(30,31)32)37-11-15-16(28)17(29)18(38-15)14-10-23-20-19(24-13-4-2-3-5-13)25-21(22)26-27(14)20/h10,13,15-18,28-29H,2-9,11-12H2,1H3,(H,24,25,26)(H2,30,31,32)/t15-,16-,17-,18+,40?/m1/s1. The quantitative estimate of drug-likeness (QED) is 0.139. The van der Waals surface area contributed by atoms with Gasteiger partial charge in [-0.3, -0.25) is 9.13 Å². The van der Waals surface area contributed by atoms with Crippen LogP contribution in [-0.2, 0) is 32.4 Å². The second kappa shape index (κ2) is 13.8. The second-order valence-corrected chi connectivity index (χ2v) is 14.0. The van der Waals surface area contributed by atoms with Crippen LogP contribution in [0.25, 0.3) is 5.65 Å². The highest BCUT2D eigenvalue weighted by Crippen LogP contribution is 2.59. The van der Waals surface area contributed by atoms with Crippen LogP contribution in [0.15, 0.2) is 6.20 Å². The first kappa shape index (κ1) is 31.7. The van der Waals surface area contributed by atoms with Gasteiger partial charge in [0.25, 0.3) is 0 Å². The minimum atomic E-state index is -4.81. The molecule has 0 bridgehead atoms. The molecule has 5 atom stereocenters. The molecule has 0 aromatic carbocycles. The van der Waals surface area contributed by atoms with Gasteiger partial charge in [0, 0.05) is 13.2 Å². The van der Waals surface area contributed by atoms with Crippen LogP contribution in [0.1, 0.15) is 37.5 Å². The fourth-order valence-corrected chi connectivity index (χ4v) is 7.99. The van der Waals surface area contributed by atoms with Crippen molar-refractivity contribution in [3.05, 3.63) is 17.2 Å². The van der Waals surface area contributed by atoms with Crippen molar-refractivity contribution in [1.29, 1.82) is 0 Å². The summed E-state index contributed by atoms with van der Waals surface area (Å²) in [5.41, 5.74) is 0.620. The third-order valence-corrected chi connectivity index (χ3v) is 10.6. The molecule has 4 rings (SSSR count). The number of aliphatic hydroxyl groups excluding tert-OH is 2. The van der Waals surface area contributed by atoms with Crippen LogP contribution in [0, 0.1) is 0 Å². The number of aromatic nitrogens is 4. The second-order valence-electron chi connectivity index (χ2n) is 9.50. The molecule has 2 aliphatic rings. The van der Waals surface area contributed by atoms with Gasteiger partial charge in [0.2, 0.25) is 5.28 Å². The number of halogens is 1. The molecule has 1 saturated carbocycles. The molecule has 1 saturated heterocycles. The first-order valence-corrected chi connectivity index (χ1v) is 16.6. The lowest BCUT2D eigenvalue weighted by atomic mass is 10.1. The number of imidazole rings is 1. The van der Waals surface area contributed by atoms with Gasteiger partial charge in [0.15, 0.2) is 17.4 Å². The molecule has 0 radical (unpaired) electrons. The molecule has 2 aromatic rings. The van der Waals surface area contributed by atoms with Crippen molar-refractivity contribution >= 4 is 38.3 Å². The summed E-state index contributed by atoms with van der Waals surface area (Å²) in [4.78, 5) is 27.4. The van der Waals surface area contributed by atoms with E-state index in [9.17, 15) is 29.1 Å². The van der Waals surface area contributed by atoms with Crippen molar-refractivity contribution in [2.45, 2.75) is 56.1 Å². The van der Waals surface area contributed by atoms with E-state index in [2.05, 4.69) is 20.4 Å². The number of hydrogen-bond donors (Lipinski definition) is 5. The number of hydrogen-bond acceptors (Lipinski definition) is 13. The van der Waals surface area contributed by atoms with Gasteiger partial charge in [-0.15, -0.1) is 5.10 Å². The van der Waals surface area contributed by atoms with Crippen LogP contribution in [-0.4, -0.2) is 110 Å². The normalized spacial score (nSPS) is 25.6. The Morgan fingerprint density at radius 1 is 1.12 bits per heavy atom. The van der Waals surface area contributed by atoms with Gasteiger partial charge >= 0.3 is 15.2 Å². The lowest BCUT2D eigenvalue weighted by Crippen LogP contribution is -2.33. The number of rotatable bonds is 15. The highest BCUT2D eigenvalue weighted by molar-refractivity contribution is 7.70. The topological polar surface area (TPSA) is 216 Å². The van der Waals surface area contributed by atoms with Gasteiger partial charge in [-0.2, -0.15) is 4.98 Å². The predicted octanol–water partition coefficient (Wildman–Crippen LogP) is 1.32. The maximum absolute atomic E-state index is 13.1. The number of anilines is 1. The molecule has 19 heteroatoms. The molecule has 5 N–H and O–H groups in total. The molecule has 2 fully saturated rings. The smallest absolute Gasteiger partial charge is 0.342 e.